The average molecular weight is 453 g/mol. The maximum Gasteiger partial charge on any atom is 0.272 e. The van der Waals surface area contributed by atoms with Gasteiger partial charge in [-0.3, -0.25) is 14.4 Å². The zero-order valence-corrected chi connectivity index (χ0v) is 18.0. The number of rotatable bonds is 6. The summed E-state index contributed by atoms with van der Waals surface area (Å²) >= 11 is 7.25. The molecule has 1 aromatic heterocycles. The third-order valence-electron chi connectivity index (χ3n) is 4.56. The molecule has 0 fully saturated rings. The predicted octanol–water partition coefficient (Wildman–Crippen LogP) is 5.11. The summed E-state index contributed by atoms with van der Waals surface area (Å²) in [5.74, 6) is 0.0873. The molecule has 0 saturated carbocycles. The van der Waals surface area contributed by atoms with Gasteiger partial charge in [0.2, 0.25) is 5.91 Å². The molecule has 156 valence electrons. The number of carbonyl (C=O) groups is 3. The normalized spacial score (nSPS) is 13.8. The van der Waals surface area contributed by atoms with E-state index >= 15 is 0 Å². The SMILES string of the molecule is CC(=O)Nc1ccc(N2C(=O)C(SCc3ccco3)=C(c3ccc(Cl)cc3)C2=O)cc1. The first-order valence-corrected chi connectivity index (χ1v) is 10.7. The lowest BCUT2D eigenvalue weighted by Crippen LogP contribution is -2.31. The van der Waals surface area contributed by atoms with Crippen LogP contribution in [0.15, 0.2) is 76.2 Å². The van der Waals surface area contributed by atoms with E-state index in [1.807, 2.05) is 6.07 Å². The van der Waals surface area contributed by atoms with Gasteiger partial charge in [-0.05, 0) is 54.1 Å². The number of thioether (sulfide) groups is 1. The van der Waals surface area contributed by atoms with E-state index in [0.717, 1.165) is 4.90 Å². The minimum atomic E-state index is -0.415. The van der Waals surface area contributed by atoms with Crippen molar-refractivity contribution in [1.29, 1.82) is 0 Å². The van der Waals surface area contributed by atoms with Gasteiger partial charge >= 0.3 is 0 Å². The number of carbonyl (C=O) groups excluding carboxylic acids is 3. The lowest BCUT2D eigenvalue weighted by Gasteiger charge is -2.16. The van der Waals surface area contributed by atoms with E-state index in [-0.39, 0.29) is 5.91 Å². The molecule has 31 heavy (non-hydrogen) atoms. The van der Waals surface area contributed by atoms with Gasteiger partial charge in [-0.1, -0.05) is 23.7 Å². The van der Waals surface area contributed by atoms with Crippen molar-refractivity contribution in [3.63, 3.8) is 0 Å². The highest BCUT2D eigenvalue weighted by Gasteiger charge is 2.40. The van der Waals surface area contributed by atoms with E-state index in [4.69, 9.17) is 16.0 Å². The summed E-state index contributed by atoms with van der Waals surface area (Å²) in [5, 5.41) is 3.20. The van der Waals surface area contributed by atoms with Crippen molar-refractivity contribution in [3.05, 3.63) is 88.2 Å². The Bertz CT molecular complexity index is 1170. The molecule has 0 saturated heterocycles. The number of furan rings is 1. The van der Waals surface area contributed by atoms with E-state index in [2.05, 4.69) is 5.32 Å². The van der Waals surface area contributed by atoms with Gasteiger partial charge in [0.25, 0.3) is 11.8 Å². The second kappa shape index (κ2) is 8.83. The molecule has 1 N–H and O–H groups in total. The highest BCUT2D eigenvalue weighted by Crippen LogP contribution is 2.40. The Balaban J connectivity index is 1.69. The second-order valence-electron chi connectivity index (χ2n) is 6.75. The summed E-state index contributed by atoms with van der Waals surface area (Å²) in [5.41, 5.74) is 1.93. The molecule has 1 aliphatic heterocycles. The smallest absolute Gasteiger partial charge is 0.272 e. The van der Waals surface area contributed by atoms with Gasteiger partial charge in [0.15, 0.2) is 0 Å². The highest BCUT2D eigenvalue weighted by atomic mass is 35.5. The highest BCUT2D eigenvalue weighted by molar-refractivity contribution is 8.03. The number of hydrogen-bond donors (Lipinski definition) is 1. The fraction of sp³-hybridized carbons (Fsp3) is 0.0870. The van der Waals surface area contributed by atoms with Gasteiger partial charge in [-0.25, -0.2) is 4.90 Å². The van der Waals surface area contributed by atoms with Crippen molar-refractivity contribution in [3.8, 4) is 0 Å². The van der Waals surface area contributed by atoms with Crippen LogP contribution in [0, 0.1) is 0 Å². The van der Waals surface area contributed by atoms with Gasteiger partial charge < -0.3 is 9.73 Å². The summed E-state index contributed by atoms with van der Waals surface area (Å²) in [6.07, 6.45) is 1.56. The zero-order chi connectivity index (χ0) is 22.0. The Morgan fingerprint density at radius 1 is 1.03 bits per heavy atom. The molecule has 3 amide bonds. The fourth-order valence-electron chi connectivity index (χ4n) is 3.18. The van der Waals surface area contributed by atoms with Crippen molar-refractivity contribution in [2.24, 2.45) is 0 Å². The van der Waals surface area contributed by atoms with Crippen molar-refractivity contribution >= 4 is 58.0 Å². The largest absolute Gasteiger partial charge is 0.468 e. The molecule has 0 radical (unpaired) electrons. The zero-order valence-electron chi connectivity index (χ0n) is 16.4. The summed E-state index contributed by atoms with van der Waals surface area (Å²) in [6, 6.07) is 16.9. The molecule has 4 rings (SSSR count). The Hall–Kier alpha value is -3.29. The van der Waals surface area contributed by atoms with Crippen molar-refractivity contribution in [2.75, 3.05) is 10.2 Å². The minimum Gasteiger partial charge on any atom is -0.468 e. The maximum absolute atomic E-state index is 13.3. The third kappa shape index (κ3) is 4.42. The van der Waals surface area contributed by atoms with E-state index < -0.39 is 11.8 Å². The van der Waals surface area contributed by atoms with Gasteiger partial charge in [0.1, 0.15) is 5.76 Å². The van der Waals surface area contributed by atoms with Crippen LogP contribution in [-0.2, 0) is 20.1 Å². The molecule has 2 aromatic carbocycles. The minimum absolute atomic E-state index is 0.204. The van der Waals surface area contributed by atoms with Crippen molar-refractivity contribution in [2.45, 2.75) is 12.7 Å². The first-order chi connectivity index (χ1) is 14.9. The van der Waals surface area contributed by atoms with Gasteiger partial charge in [-0.15, -0.1) is 11.8 Å². The molecule has 1 aliphatic rings. The quantitative estimate of drug-likeness (QED) is 0.526. The molecular formula is C23H17ClN2O4S. The topological polar surface area (TPSA) is 79.6 Å². The van der Waals surface area contributed by atoms with Crippen LogP contribution in [0.3, 0.4) is 0 Å². The summed E-state index contributed by atoms with van der Waals surface area (Å²) < 4.78 is 5.36. The monoisotopic (exact) mass is 452 g/mol. The number of imide groups is 1. The summed E-state index contributed by atoms with van der Waals surface area (Å²) in [4.78, 5) is 39.4. The van der Waals surface area contributed by atoms with E-state index in [1.165, 1.54) is 18.7 Å². The average Bonchev–Trinajstić information content (AvgIpc) is 3.34. The lowest BCUT2D eigenvalue weighted by molar-refractivity contribution is -0.120. The molecule has 2 heterocycles. The van der Waals surface area contributed by atoms with Crippen LogP contribution in [0.2, 0.25) is 5.02 Å². The summed E-state index contributed by atoms with van der Waals surface area (Å²) in [6.45, 7) is 1.41. The third-order valence-corrected chi connectivity index (χ3v) is 5.91. The van der Waals surface area contributed by atoms with Crippen LogP contribution >= 0.6 is 23.4 Å². The van der Waals surface area contributed by atoms with E-state index in [1.54, 1.807) is 60.9 Å². The van der Waals surface area contributed by atoms with Crippen molar-refractivity contribution in [1.82, 2.24) is 0 Å². The Morgan fingerprint density at radius 3 is 2.35 bits per heavy atom. The Labute approximate surface area is 187 Å². The number of nitrogens with zero attached hydrogens (tertiary/aromatic N) is 1. The standard InChI is InChI=1S/C23H17ClN2O4S/c1-14(27)25-17-8-10-18(11-9-17)26-22(28)20(15-4-6-16(24)7-5-15)21(23(26)29)31-13-19-3-2-12-30-19/h2-12H,13H2,1H3,(H,25,27). The molecule has 6 nitrogen and oxygen atoms in total. The first-order valence-electron chi connectivity index (χ1n) is 9.36. The molecular weight excluding hydrogens is 436 g/mol. The van der Waals surface area contributed by atoms with Gasteiger partial charge in [0.05, 0.1) is 28.2 Å². The fourth-order valence-corrected chi connectivity index (χ4v) is 4.33. The van der Waals surface area contributed by atoms with Crippen molar-refractivity contribution < 1.29 is 18.8 Å². The Morgan fingerprint density at radius 2 is 1.74 bits per heavy atom. The molecule has 0 spiro atoms. The maximum atomic E-state index is 13.3. The van der Waals surface area contributed by atoms with Gasteiger partial charge in [0, 0.05) is 17.6 Å². The first kappa shape index (κ1) is 21.0. The number of hydrogen-bond acceptors (Lipinski definition) is 5. The molecule has 0 bridgehead atoms. The van der Waals surface area contributed by atoms with E-state index in [0.29, 0.717) is 44.0 Å². The van der Waals surface area contributed by atoms with Gasteiger partial charge in [-0.2, -0.15) is 0 Å². The van der Waals surface area contributed by atoms with Crippen LogP contribution in [0.1, 0.15) is 18.2 Å². The van der Waals surface area contributed by atoms with Crippen LogP contribution in [0.5, 0.6) is 0 Å². The number of anilines is 2. The second-order valence-corrected chi connectivity index (χ2v) is 8.17. The number of benzene rings is 2. The van der Waals surface area contributed by atoms with Crippen LogP contribution < -0.4 is 10.2 Å². The molecule has 0 unspecified atom stereocenters. The molecule has 3 aromatic rings. The number of amides is 3. The molecule has 0 atom stereocenters. The summed E-state index contributed by atoms with van der Waals surface area (Å²) in [7, 11) is 0. The van der Waals surface area contributed by atoms with E-state index in [9.17, 15) is 14.4 Å². The van der Waals surface area contributed by atoms with Crippen LogP contribution in [0.4, 0.5) is 11.4 Å². The predicted molar refractivity (Wildman–Crippen MR) is 122 cm³/mol. The van der Waals surface area contributed by atoms with Crippen LogP contribution in [-0.4, -0.2) is 17.7 Å². The Kier molecular flexibility index (Phi) is 5.97. The lowest BCUT2D eigenvalue weighted by atomic mass is 10.1. The molecule has 0 aliphatic carbocycles. The van der Waals surface area contributed by atoms with Crippen LogP contribution in [0.25, 0.3) is 5.57 Å². The molecule has 8 heteroatoms. The number of halogens is 1. The number of nitrogens with one attached hydrogen (secondary N) is 1.